The Morgan fingerprint density at radius 2 is 2.10 bits per heavy atom. The minimum atomic E-state index is 0.0798. The Morgan fingerprint density at radius 1 is 1.30 bits per heavy atom. The summed E-state index contributed by atoms with van der Waals surface area (Å²) in [4.78, 5) is 0. The molecule has 1 aliphatic carbocycles. The van der Waals surface area contributed by atoms with Crippen LogP contribution in [0.3, 0.4) is 0 Å². The highest BCUT2D eigenvalue weighted by Crippen LogP contribution is 2.41. The highest BCUT2D eigenvalue weighted by Gasteiger charge is 2.40. The van der Waals surface area contributed by atoms with Gasteiger partial charge in [-0.05, 0) is 31.0 Å². The summed E-state index contributed by atoms with van der Waals surface area (Å²) in [7, 11) is 0. The van der Waals surface area contributed by atoms with Crippen LogP contribution in [0.4, 0.5) is 0 Å². The van der Waals surface area contributed by atoms with Gasteiger partial charge >= 0.3 is 0 Å². The molecule has 20 heavy (non-hydrogen) atoms. The molecule has 0 radical (unpaired) electrons. The van der Waals surface area contributed by atoms with Crippen LogP contribution in [-0.4, -0.2) is 18.3 Å². The Hall–Kier alpha value is -0.440. The Morgan fingerprint density at radius 3 is 2.85 bits per heavy atom. The van der Waals surface area contributed by atoms with Crippen LogP contribution in [0.2, 0.25) is 5.02 Å². The zero-order chi connectivity index (χ0) is 14.0. The molecular formula is C16H20Cl2O2. The lowest BCUT2D eigenvalue weighted by Gasteiger charge is -2.38. The fraction of sp³-hybridized carbons (Fsp3) is 0.625. The van der Waals surface area contributed by atoms with E-state index in [4.69, 9.17) is 32.7 Å². The summed E-state index contributed by atoms with van der Waals surface area (Å²) in [5, 5.41) is 0.701. The molecule has 4 heteroatoms. The molecule has 1 aromatic rings. The minimum absolute atomic E-state index is 0.0798. The predicted molar refractivity (Wildman–Crippen MR) is 81.8 cm³/mol. The molecule has 0 aromatic heterocycles. The SMILES string of the molecule is ClCc1cc(Cl)ccc1OC1CCOC2(CCCC2)C1. The molecule has 1 aliphatic heterocycles. The summed E-state index contributed by atoms with van der Waals surface area (Å²) < 4.78 is 12.2. The summed E-state index contributed by atoms with van der Waals surface area (Å²) >= 11 is 12.0. The van der Waals surface area contributed by atoms with Gasteiger partial charge in [-0.15, -0.1) is 11.6 Å². The first kappa shape index (κ1) is 14.5. The molecule has 1 atom stereocenters. The second-order valence-corrected chi connectivity index (χ2v) is 6.56. The van der Waals surface area contributed by atoms with E-state index in [1.807, 2.05) is 18.2 Å². The van der Waals surface area contributed by atoms with E-state index in [1.165, 1.54) is 25.7 Å². The van der Waals surface area contributed by atoms with Gasteiger partial charge in [-0.1, -0.05) is 24.4 Å². The molecular weight excluding hydrogens is 295 g/mol. The summed E-state index contributed by atoms with van der Waals surface area (Å²) in [5.74, 6) is 1.29. The third-order valence-electron chi connectivity index (χ3n) is 4.42. The summed E-state index contributed by atoms with van der Waals surface area (Å²) in [6.45, 7) is 0.800. The molecule has 1 heterocycles. The molecule has 2 aliphatic rings. The number of hydrogen-bond acceptors (Lipinski definition) is 2. The Bertz CT molecular complexity index is 470. The van der Waals surface area contributed by atoms with Gasteiger partial charge in [0.15, 0.2) is 0 Å². The largest absolute Gasteiger partial charge is 0.490 e. The molecule has 1 spiro atoms. The highest BCUT2D eigenvalue weighted by atomic mass is 35.5. The van der Waals surface area contributed by atoms with E-state index >= 15 is 0 Å². The minimum Gasteiger partial charge on any atom is -0.490 e. The van der Waals surface area contributed by atoms with Gasteiger partial charge in [0.2, 0.25) is 0 Å². The second-order valence-electron chi connectivity index (χ2n) is 5.86. The van der Waals surface area contributed by atoms with Gasteiger partial charge in [-0.2, -0.15) is 0 Å². The van der Waals surface area contributed by atoms with Gasteiger partial charge in [0.05, 0.1) is 18.1 Å². The molecule has 1 saturated heterocycles. The van der Waals surface area contributed by atoms with Crippen LogP contribution in [0.1, 0.15) is 44.1 Å². The van der Waals surface area contributed by atoms with Crippen molar-refractivity contribution in [3.05, 3.63) is 28.8 Å². The van der Waals surface area contributed by atoms with E-state index in [1.54, 1.807) is 0 Å². The monoisotopic (exact) mass is 314 g/mol. The lowest BCUT2D eigenvalue weighted by molar-refractivity contribution is -0.108. The van der Waals surface area contributed by atoms with E-state index < -0.39 is 0 Å². The van der Waals surface area contributed by atoms with Gasteiger partial charge < -0.3 is 9.47 Å². The summed E-state index contributed by atoms with van der Waals surface area (Å²) in [6.07, 6.45) is 7.08. The summed E-state index contributed by atoms with van der Waals surface area (Å²) in [5.41, 5.74) is 1.04. The van der Waals surface area contributed by atoms with Crippen molar-refractivity contribution in [2.75, 3.05) is 6.61 Å². The average molecular weight is 315 g/mol. The van der Waals surface area contributed by atoms with Crippen LogP contribution < -0.4 is 4.74 Å². The van der Waals surface area contributed by atoms with Gasteiger partial charge in [0.1, 0.15) is 11.9 Å². The third kappa shape index (κ3) is 3.08. The van der Waals surface area contributed by atoms with E-state index in [-0.39, 0.29) is 11.7 Å². The lowest BCUT2D eigenvalue weighted by Crippen LogP contribution is -2.41. The molecule has 0 N–H and O–H groups in total. The van der Waals surface area contributed by atoms with Gasteiger partial charge in [-0.3, -0.25) is 0 Å². The van der Waals surface area contributed by atoms with Crippen molar-refractivity contribution in [2.24, 2.45) is 0 Å². The highest BCUT2D eigenvalue weighted by molar-refractivity contribution is 6.30. The number of ether oxygens (including phenoxy) is 2. The van der Waals surface area contributed by atoms with Crippen molar-refractivity contribution in [1.82, 2.24) is 0 Å². The van der Waals surface area contributed by atoms with Crippen LogP contribution in [0.5, 0.6) is 5.75 Å². The van der Waals surface area contributed by atoms with Crippen LogP contribution in [0.15, 0.2) is 18.2 Å². The average Bonchev–Trinajstić information content (AvgIpc) is 2.89. The van der Waals surface area contributed by atoms with Crippen molar-refractivity contribution in [1.29, 1.82) is 0 Å². The van der Waals surface area contributed by atoms with E-state index in [9.17, 15) is 0 Å². The van der Waals surface area contributed by atoms with E-state index in [2.05, 4.69) is 0 Å². The van der Waals surface area contributed by atoms with Gasteiger partial charge in [-0.25, -0.2) is 0 Å². The maximum atomic E-state index is 6.20. The van der Waals surface area contributed by atoms with E-state index in [0.29, 0.717) is 10.9 Å². The first-order chi connectivity index (χ1) is 9.71. The van der Waals surface area contributed by atoms with Crippen LogP contribution in [0.25, 0.3) is 0 Å². The number of alkyl halides is 1. The molecule has 2 fully saturated rings. The maximum absolute atomic E-state index is 6.20. The van der Waals surface area contributed by atoms with Crippen molar-refractivity contribution in [3.63, 3.8) is 0 Å². The normalized spacial score (nSPS) is 25.0. The van der Waals surface area contributed by atoms with Gasteiger partial charge in [0.25, 0.3) is 0 Å². The second kappa shape index (κ2) is 6.13. The first-order valence-corrected chi connectivity index (χ1v) is 8.27. The number of hydrogen-bond donors (Lipinski definition) is 0. The molecule has 1 unspecified atom stereocenters. The van der Waals surface area contributed by atoms with Crippen molar-refractivity contribution >= 4 is 23.2 Å². The molecule has 2 nitrogen and oxygen atoms in total. The molecule has 1 aromatic carbocycles. The zero-order valence-electron chi connectivity index (χ0n) is 11.5. The maximum Gasteiger partial charge on any atom is 0.124 e. The predicted octanol–water partition coefficient (Wildman–Crippen LogP) is 4.95. The fourth-order valence-corrected chi connectivity index (χ4v) is 3.80. The van der Waals surface area contributed by atoms with Crippen molar-refractivity contribution in [3.8, 4) is 5.75 Å². The first-order valence-electron chi connectivity index (χ1n) is 7.36. The van der Waals surface area contributed by atoms with Crippen molar-refractivity contribution < 1.29 is 9.47 Å². The van der Waals surface area contributed by atoms with Crippen LogP contribution in [0, 0.1) is 0 Å². The smallest absolute Gasteiger partial charge is 0.124 e. The Kier molecular flexibility index (Phi) is 4.44. The van der Waals surface area contributed by atoms with Gasteiger partial charge in [0, 0.05) is 23.4 Å². The summed E-state index contributed by atoms with van der Waals surface area (Å²) in [6, 6.07) is 5.67. The molecule has 110 valence electrons. The fourth-order valence-electron chi connectivity index (χ4n) is 3.40. The third-order valence-corrected chi connectivity index (χ3v) is 4.95. The topological polar surface area (TPSA) is 18.5 Å². The standard InChI is InChI=1S/C16H20Cl2O2/c17-11-12-9-13(18)3-4-15(12)20-14-5-8-19-16(10-14)6-1-2-7-16/h3-4,9,14H,1-2,5-8,10-11H2. The molecule has 3 rings (SSSR count). The number of rotatable bonds is 3. The molecule has 0 amide bonds. The van der Waals surface area contributed by atoms with Crippen LogP contribution in [-0.2, 0) is 10.6 Å². The van der Waals surface area contributed by atoms with Crippen LogP contribution >= 0.6 is 23.2 Å². The van der Waals surface area contributed by atoms with Crippen molar-refractivity contribution in [2.45, 2.75) is 56.1 Å². The lowest BCUT2D eigenvalue weighted by atomic mass is 9.90. The molecule has 1 saturated carbocycles. The number of benzene rings is 1. The zero-order valence-corrected chi connectivity index (χ0v) is 13.1. The Balaban J connectivity index is 1.71. The Labute approximate surface area is 130 Å². The quantitative estimate of drug-likeness (QED) is 0.735. The molecule has 0 bridgehead atoms. The number of halogens is 2. The van der Waals surface area contributed by atoms with E-state index in [0.717, 1.165) is 30.8 Å².